The van der Waals surface area contributed by atoms with E-state index in [4.69, 9.17) is 4.74 Å². The van der Waals surface area contributed by atoms with Crippen LogP contribution in [0, 0.1) is 16.0 Å². The number of anilines is 1. The molecule has 2 aromatic carbocycles. The number of hydrogen-bond acceptors (Lipinski definition) is 7. The first-order valence-corrected chi connectivity index (χ1v) is 11.8. The highest BCUT2D eigenvalue weighted by atomic mass is 32.2. The molecule has 1 aliphatic heterocycles. The van der Waals surface area contributed by atoms with Crippen molar-refractivity contribution < 1.29 is 18.1 Å². The van der Waals surface area contributed by atoms with Crippen LogP contribution in [0.5, 0.6) is 0 Å². The van der Waals surface area contributed by atoms with Gasteiger partial charge >= 0.3 is 0 Å². The maximum absolute atomic E-state index is 13.4. The van der Waals surface area contributed by atoms with Crippen LogP contribution in [-0.4, -0.2) is 53.9 Å². The van der Waals surface area contributed by atoms with Crippen molar-refractivity contribution in [3.05, 3.63) is 58.4 Å². The second-order valence-electron chi connectivity index (χ2n) is 7.96. The number of para-hydroxylation sites is 2. The Balaban J connectivity index is 1.76. The predicted octanol–water partition coefficient (Wildman–Crippen LogP) is 3.30. The molecule has 3 aromatic rings. The standard InChI is InChI=1S/C21H25N5O5S/c1-14(2)20(21-23-16-5-3-4-6-17(16)24-21)22-18-8-7-15(26(27)28)13-19(18)32(29,30)25-9-11-31-12-10-25/h3-8,13-14,20,22H,9-12H2,1-2H3,(H,23,24)/t20-/m1/s1. The van der Waals surface area contributed by atoms with E-state index in [0.29, 0.717) is 11.5 Å². The number of rotatable bonds is 7. The van der Waals surface area contributed by atoms with Gasteiger partial charge in [-0.1, -0.05) is 26.0 Å². The number of aromatic nitrogens is 2. The zero-order valence-electron chi connectivity index (χ0n) is 17.8. The van der Waals surface area contributed by atoms with Gasteiger partial charge in [0.15, 0.2) is 0 Å². The smallest absolute Gasteiger partial charge is 0.270 e. The second-order valence-corrected chi connectivity index (χ2v) is 9.87. The van der Waals surface area contributed by atoms with E-state index >= 15 is 0 Å². The van der Waals surface area contributed by atoms with Gasteiger partial charge in [-0.05, 0) is 24.1 Å². The second kappa shape index (κ2) is 8.85. The highest BCUT2D eigenvalue weighted by Gasteiger charge is 2.32. The van der Waals surface area contributed by atoms with E-state index in [1.54, 1.807) is 0 Å². The molecule has 2 N–H and O–H groups in total. The highest BCUT2D eigenvalue weighted by Crippen LogP contribution is 2.34. The molecule has 1 atom stereocenters. The lowest BCUT2D eigenvalue weighted by atomic mass is 10.0. The number of ether oxygens (including phenoxy) is 1. The minimum absolute atomic E-state index is 0.0460. The number of aromatic amines is 1. The largest absolute Gasteiger partial charge is 0.379 e. The van der Waals surface area contributed by atoms with Gasteiger partial charge in [-0.2, -0.15) is 4.31 Å². The summed E-state index contributed by atoms with van der Waals surface area (Å²) in [5.41, 5.74) is 1.69. The highest BCUT2D eigenvalue weighted by molar-refractivity contribution is 7.89. The molecule has 0 radical (unpaired) electrons. The number of nitrogens with zero attached hydrogens (tertiary/aromatic N) is 3. The Hall–Kier alpha value is -3.02. The number of sulfonamides is 1. The lowest BCUT2D eigenvalue weighted by Gasteiger charge is -2.28. The van der Waals surface area contributed by atoms with Crippen LogP contribution in [0.25, 0.3) is 11.0 Å². The molecule has 10 nitrogen and oxygen atoms in total. The molecule has 0 unspecified atom stereocenters. The number of non-ortho nitro benzene ring substituents is 1. The van der Waals surface area contributed by atoms with Gasteiger partial charge in [-0.15, -0.1) is 0 Å². The first-order valence-electron chi connectivity index (χ1n) is 10.3. The number of benzene rings is 2. The van der Waals surface area contributed by atoms with Gasteiger partial charge in [0.1, 0.15) is 10.7 Å². The van der Waals surface area contributed by atoms with Crippen LogP contribution in [0.15, 0.2) is 47.4 Å². The number of nitro groups is 1. The van der Waals surface area contributed by atoms with Crippen LogP contribution >= 0.6 is 0 Å². The van der Waals surface area contributed by atoms with Gasteiger partial charge in [0.25, 0.3) is 5.69 Å². The summed E-state index contributed by atoms with van der Waals surface area (Å²) in [6.45, 7) is 4.94. The van der Waals surface area contributed by atoms with E-state index in [1.807, 2.05) is 38.1 Å². The summed E-state index contributed by atoms with van der Waals surface area (Å²) in [4.78, 5) is 18.6. The van der Waals surface area contributed by atoms with Crippen molar-refractivity contribution in [2.24, 2.45) is 5.92 Å². The van der Waals surface area contributed by atoms with E-state index in [1.165, 1.54) is 16.4 Å². The summed E-state index contributed by atoms with van der Waals surface area (Å²) in [6, 6.07) is 11.1. The van der Waals surface area contributed by atoms with Crippen molar-refractivity contribution in [2.45, 2.75) is 24.8 Å². The maximum Gasteiger partial charge on any atom is 0.270 e. The summed E-state index contributed by atoms with van der Waals surface area (Å²) in [7, 11) is -3.97. The Kier molecular flexibility index (Phi) is 6.13. The molecule has 2 heterocycles. The molecule has 1 fully saturated rings. The molecule has 32 heavy (non-hydrogen) atoms. The molecule has 0 spiro atoms. The van der Waals surface area contributed by atoms with Crippen LogP contribution in [0.1, 0.15) is 25.7 Å². The van der Waals surface area contributed by atoms with Crippen LogP contribution in [0.3, 0.4) is 0 Å². The summed E-state index contributed by atoms with van der Waals surface area (Å²) < 4.78 is 33.4. The van der Waals surface area contributed by atoms with Crippen molar-refractivity contribution in [3.63, 3.8) is 0 Å². The van der Waals surface area contributed by atoms with E-state index < -0.39 is 14.9 Å². The number of fused-ring (bicyclic) bond motifs is 1. The number of morpholine rings is 1. The third kappa shape index (κ3) is 4.31. The first kappa shape index (κ1) is 22.2. The molecule has 1 aliphatic rings. The molecule has 0 aliphatic carbocycles. The Morgan fingerprint density at radius 2 is 1.91 bits per heavy atom. The molecule has 170 valence electrons. The van der Waals surface area contributed by atoms with E-state index in [0.717, 1.165) is 17.1 Å². The molecule has 0 amide bonds. The molecule has 0 bridgehead atoms. The molecule has 4 rings (SSSR count). The summed E-state index contributed by atoms with van der Waals surface area (Å²) in [5, 5.41) is 14.6. The van der Waals surface area contributed by atoms with Crippen LogP contribution in [-0.2, 0) is 14.8 Å². The van der Waals surface area contributed by atoms with Crippen molar-refractivity contribution in [3.8, 4) is 0 Å². The lowest BCUT2D eigenvalue weighted by Crippen LogP contribution is -2.40. The number of nitro benzene ring substituents is 1. The number of H-pyrrole nitrogens is 1. The Morgan fingerprint density at radius 3 is 2.56 bits per heavy atom. The van der Waals surface area contributed by atoms with E-state index in [9.17, 15) is 18.5 Å². The average molecular weight is 460 g/mol. The summed E-state index contributed by atoms with van der Waals surface area (Å²) >= 11 is 0. The number of imidazole rings is 1. The zero-order valence-corrected chi connectivity index (χ0v) is 18.6. The number of nitrogens with one attached hydrogen (secondary N) is 2. The van der Waals surface area contributed by atoms with Gasteiger partial charge in [-0.25, -0.2) is 13.4 Å². The van der Waals surface area contributed by atoms with Gasteiger partial charge < -0.3 is 15.0 Å². The predicted molar refractivity (Wildman–Crippen MR) is 120 cm³/mol. The normalized spacial score (nSPS) is 16.3. The number of hydrogen-bond donors (Lipinski definition) is 2. The Labute approximate surface area is 185 Å². The Morgan fingerprint density at radius 1 is 1.19 bits per heavy atom. The SMILES string of the molecule is CC(C)[C@@H](Nc1ccc([N+](=O)[O-])cc1S(=O)(=O)N1CCOCC1)c1nc2ccccc2[nH]1. The monoisotopic (exact) mass is 459 g/mol. The molecule has 0 saturated carbocycles. The van der Waals surface area contributed by atoms with E-state index in [2.05, 4.69) is 15.3 Å². The van der Waals surface area contributed by atoms with Crippen molar-refractivity contribution >= 4 is 32.4 Å². The zero-order chi connectivity index (χ0) is 22.9. The minimum atomic E-state index is -3.97. The fourth-order valence-corrected chi connectivity index (χ4v) is 5.30. The van der Waals surface area contributed by atoms with Crippen molar-refractivity contribution in [1.82, 2.24) is 14.3 Å². The third-order valence-corrected chi connectivity index (χ3v) is 7.38. The fraction of sp³-hybridized carbons (Fsp3) is 0.381. The van der Waals surface area contributed by atoms with Gasteiger partial charge in [-0.3, -0.25) is 10.1 Å². The average Bonchev–Trinajstić information content (AvgIpc) is 3.21. The van der Waals surface area contributed by atoms with Crippen molar-refractivity contribution in [1.29, 1.82) is 0 Å². The fourth-order valence-electron chi connectivity index (χ4n) is 3.72. The third-order valence-electron chi connectivity index (χ3n) is 5.44. The van der Waals surface area contributed by atoms with Gasteiger partial charge in [0.05, 0.1) is 40.9 Å². The van der Waals surface area contributed by atoms with Crippen LogP contribution < -0.4 is 5.32 Å². The van der Waals surface area contributed by atoms with Gasteiger partial charge in [0.2, 0.25) is 10.0 Å². The first-order chi connectivity index (χ1) is 15.3. The maximum atomic E-state index is 13.4. The minimum Gasteiger partial charge on any atom is -0.379 e. The Bertz CT molecular complexity index is 1200. The summed E-state index contributed by atoms with van der Waals surface area (Å²) in [5.74, 6) is 0.707. The quantitative estimate of drug-likeness (QED) is 0.409. The summed E-state index contributed by atoms with van der Waals surface area (Å²) in [6.07, 6.45) is 0. The molecule has 1 saturated heterocycles. The lowest BCUT2D eigenvalue weighted by molar-refractivity contribution is -0.385. The topological polar surface area (TPSA) is 130 Å². The molecular formula is C21H25N5O5S. The molecule has 1 aromatic heterocycles. The van der Waals surface area contributed by atoms with E-state index in [-0.39, 0.29) is 48.8 Å². The van der Waals surface area contributed by atoms with Crippen LogP contribution in [0.2, 0.25) is 0 Å². The molecular weight excluding hydrogens is 434 g/mol. The van der Waals surface area contributed by atoms with Crippen LogP contribution in [0.4, 0.5) is 11.4 Å². The molecule has 11 heteroatoms. The van der Waals surface area contributed by atoms with Gasteiger partial charge in [0, 0.05) is 25.2 Å². The van der Waals surface area contributed by atoms with Crippen molar-refractivity contribution in [2.75, 3.05) is 31.6 Å².